The number of rotatable bonds is 10. The molecule has 0 atom stereocenters. The first-order chi connectivity index (χ1) is 18.7. The number of hydrogen-bond acceptors (Lipinski definition) is 7. The van der Waals surface area contributed by atoms with Gasteiger partial charge < -0.3 is 19.4 Å². The number of benzene rings is 2. The van der Waals surface area contributed by atoms with Crippen LogP contribution in [0.25, 0.3) is 16.3 Å². The number of hydrogen-bond donors (Lipinski definition) is 0. The molecule has 2 heterocycles. The number of para-hydroxylation sites is 1. The van der Waals surface area contributed by atoms with Crippen molar-refractivity contribution in [2.45, 2.75) is 25.3 Å². The smallest absolute Gasteiger partial charge is 0.308 e. The van der Waals surface area contributed by atoms with Crippen LogP contribution in [0.2, 0.25) is 0 Å². The van der Waals surface area contributed by atoms with E-state index >= 15 is 0 Å². The molecule has 1 amide bonds. The molecule has 0 N–H and O–H groups in total. The van der Waals surface area contributed by atoms with Gasteiger partial charge in [0.1, 0.15) is 10.4 Å². The Kier molecular flexibility index (Phi) is 9.61. The largest absolute Gasteiger partial charge is 0.427 e. The maximum Gasteiger partial charge on any atom is 0.308 e. The second-order valence-corrected chi connectivity index (χ2v) is 11.7. The molecule has 204 valence electrons. The molecule has 1 aliphatic rings. The number of anilines is 1. The first kappa shape index (κ1) is 28.6. The normalized spacial score (nSPS) is 14.3. The zero-order chi connectivity index (χ0) is 27.9. The summed E-state index contributed by atoms with van der Waals surface area (Å²) in [5.74, 6) is 0.309. The third kappa shape index (κ3) is 7.38. The van der Waals surface area contributed by atoms with E-state index < -0.39 is 0 Å². The van der Waals surface area contributed by atoms with Crippen molar-refractivity contribution in [2.24, 2.45) is 0 Å². The average molecular weight is 564 g/mol. The molecule has 7 nitrogen and oxygen atoms in total. The summed E-state index contributed by atoms with van der Waals surface area (Å²) in [6.45, 7) is 6.17. The highest BCUT2D eigenvalue weighted by Gasteiger charge is 2.24. The monoisotopic (exact) mass is 563 g/mol. The van der Waals surface area contributed by atoms with E-state index in [0.717, 1.165) is 39.9 Å². The lowest BCUT2D eigenvalue weighted by atomic mass is 10.3. The van der Waals surface area contributed by atoms with Gasteiger partial charge >= 0.3 is 5.97 Å². The van der Waals surface area contributed by atoms with Gasteiger partial charge in [-0.1, -0.05) is 53.5 Å². The second kappa shape index (κ2) is 13.1. The fourth-order valence-corrected chi connectivity index (χ4v) is 6.36. The lowest BCUT2D eigenvalue weighted by molar-refractivity contribution is -0.668. The molecule has 0 bridgehead atoms. The Morgan fingerprint density at radius 1 is 1.03 bits per heavy atom. The Labute approximate surface area is 238 Å². The number of thioether (sulfide) groups is 1. The highest BCUT2D eigenvalue weighted by atomic mass is 32.2. The van der Waals surface area contributed by atoms with E-state index in [1.807, 2.05) is 37.4 Å². The van der Waals surface area contributed by atoms with E-state index in [9.17, 15) is 9.59 Å². The summed E-state index contributed by atoms with van der Waals surface area (Å²) in [6, 6.07) is 14.2. The van der Waals surface area contributed by atoms with Crippen LogP contribution in [0, 0.1) is 0 Å². The fourth-order valence-electron chi connectivity index (χ4n) is 4.12. The van der Waals surface area contributed by atoms with Crippen molar-refractivity contribution in [1.29, 1.82) is 0 Å². The standard InChI is InChI=1S/C30H35N4O3S2/c1-22(35)32(5)18-20-34-25-11-9-10-12-27(25)38-29(34)13-7-6-8-14-30-33(19-17-31(3)4)26-16-15-24(37-23(2)36)21-28(26)39-30/h6-16,21H,17-20H2,1-5H3/q+1. The van der Waals surface area contributed by atoms with E-state index in [-0.39, 0.29) is 11.9 Å². The van der Waals surface area contributed by atoms with E-state index in [1.54, 1.807) is 34.9 Å². The first-order valence-electron chi connectivity index (χ1n) is 12.8. The molecule has 0 unspecified atom stereocenters. The summed E-state index contributed by atoms with van der Waals surface area (Å²) < 4.78 is 8.67. The van der Waals surface area contributed by atoms with Crippen molar-refractivity contribution < 1.29 is 18.9 Å². The highest BCUT2D eigenvalue weighted by molar-refractivity contribution is 8.03. The van der Waals surface area contributed by atoms with E-state index in [0.29, 0.717) is 12.3 Å². The third-order valence-electron chi connectivity index (χ3n) is 6.27. The quantitative estimate of drug-likeness (QED) is 0.147. The molecule has 0 saturated carbocycles. The van der Waals surface area contributed by atoms with Crippen molar-refractivity contribution >= 4 is 57.0 Å². The van der Waals surface area contributed by atoms with Crippen LogP contribution in [0.1, 0.15) is 18.9 Å². The predicted molar refractivity (Wildman–Crippen MR) is 161 cm³/mol. The van der Waals surface area contributed by atoms with Crippen LogP contribution in [0.5, 0.6) is 5.75 Å². The van der Waals surface area contributed by atoms with Crippen LogP contribution < -0.4 is 14.2 Å². The molecular formula is C30H35N4O3S2+. The van der Waals surface area contributed by atoms with Crippen molar-refractivity contribution in [3.05, 3.63) is 76.8 Å². The summed E-state index contributed by atoms with van der Waals surface area (Å²) in [5.41, 5.74) is 2.30. The number of fused-ring (bicyclic) bond motifs is 2. The van der Waals surface area contributed by atoms with Crippen molar-refractivity contribution in [3.63, 3.8) is 0 Å². The number of allylic oxidation sites excluding steroid dienone is 4. The molecule has 0 fully saturated rings. The van der Waals surface area contributed by atoms with Crippen molar-refractivity contribution in [2.75, 3.05) is 45.7 Å². The molecule has 0 saturated heterocycles. The maximum absolute atomic E-state index is 11.7. The number of carbonyl (C=O) groups is 2. The van der Waals surface area contributed by atoms with Crippen LogP contribution in [0.4, 0.5) is 5.69 Å². The SMILES string of the molecule is CC(=O)Oc1ccc2c(c1)sc(C=CC=CC=C1Sc3ccccc3N1CCN(C)C(C)=O)[n+]2CCN(C)C. The fraction of sp³-hybridized carbons (Fsp3) is 0.300. The zero-order valence-electron chi connectivity index (χ0n) is 23.1. The minimum Gasteiger partial charge on any atom is -0.427 e. The minimum atomic E-state index is -0.321. The van der Waals surface area contributed by atoms with Gasteiger partial charge in [0, 0.05) is 57.1 Å². The summed E-state index contributed by atoms with van der Waals surface area (Å²) in [7, 11) is 5.97. The molecular weight excluding hydrogens is 528 g/mol. The number of thiazole rings is 1. The predicted octanol–water partition coefficient (Wildman–Crippen LogP) is 5.18. The number of nitrogens with zero attached hydrogens (tertiary/aromatic N) is 4. The molecule has 2 aromatic carbocycles. The molecule has 9 heteroatoms. The lowest BCUT2D eigenvalue weighted by Crippen LogP contribution is -2.39. The second-order valence-electron chi connectivity index (χ2n) is 9.53. The van der Waals surface area contributed by atoms with Crippen LogP contribution in [-0.4, -0.2) is 62.5 Å². The van der Waals surface area contributed by atoms with Gasteiger partial charge in [0.25, 0.3) is 5.01 Å². The van der Waals surface area contributed by atoms with Gasteiger partial charge in [-0.25, -0.2) is 0 Å². The van der Waals surface area contributed by atoms with Crippen LogP contribution >= 0.6 is 23.1 Å². The Bertz CT molecular complexity index is 1440. The molecule has 0 radical (unpaired) electrons. The summed E-state index contributed by atoms with van der Waals surface area (Å²) in [5, 5.41) is 2.26. The van der Waals surface area contributed by atoms with Gasteiger partial charge in [-0.15, -0.1) is 0 Å². The zero-order valence-corrected chi connectivity index (χ0v) is 24.7. The highest BCUT2D eigenvalue weighted by Crippen LogP contribution is 2.45. The molecule has 39 heavy (non-hydrogen) atoms. The van der Waals surface area contributed by atoms with Gasteiger partial charge in [0.15, 0.2) is 6.54 Å². The van der Waals surface area contributed by atoms with Crippen LogP contribution in [0.3, 0.4) is 0 Å². The number of ether oxygens (including phenoxy) is 1. The molecule has 1 aromatic heterocycles. The number of amides is 1. The van der Waals surface area contributed by atoms with Crippen LogP contribution in [-0.2, 0) is 16.1 Å². The third-order valence-corrected chi connectivity index (χ3v) is 8.51. The van der Waals surface area contributed by atoms with Gasteiger partial charge in [-0.3, -0.25) is 9.59 Å². The van der Waals surface area contributed by atoms with Gasteiger partial charge in [-0.2, -0.15) is 4.57 Å². The van der Waals surface area contributed by atoms with E-state index in [4.69, 9.17) is 4.74 Å². The summed E-state index contributed by atoms with van der Waals surface area (Å²) in [6.07, 6.45) is 10.4. The van der Waals surface area contributed by atoms with Gasteiger partial charge in [0.2, 0.25) is 11.4 Å². The van der Waals surface area contributed by atoms with E-state index in [1.165, 1.54) is 17.5 Å². The van der Waals surface area contributed by atoms with Gasteiger partial charge in [0.05, 0.1) is 17.3 Å². The summed E-state index contributed by atoms with van der Waals surface area (Å²) >= 11 is 3.42. The number of likely N-dealkylation sites (N-methyl/N-ethyl adjacent to an activating group) is 2. The number of esters is 1. The Morgan fingerprint density at radius 2 is 1.82 bits per heavy atom. The molecule has 4 rings (SSSR count). The Balaban J connectivity index is 1.53. The first-order valence-corrected chi connectivity index (χ1v) is 14.5. The molecule has 0 aliphatic carbocycles. The average Bonchev–Trinajstić information content (AvgIpc) is 3.42. The lowest BCUT2D eigenvalue weighted by Gasteiger charge is -2.23. The molecule has 3 aromatic rings. The topological polar surface area (TPSA) is 57.0 Å². The molecule has 1 aliphatic heterocycles. The minimum absolute atomic E-state index is 0.0670. The van der Waals surface area contributed by atoms with E-state index in [2.05, 4.69) is 71.0 Å². The Hall–Kier alpha value is -3.40. The van der Waals surface area contributed by atoms with Gasteiger partial charge in [-0.05, 0) is 38.4 Å². The maximum atomic E-state index is 11.7. The Morgan fingerprint density at radius 3 is 2.56 bits per heavy atom. The van der Waals surface area contributed by atoms with Crippen molar-refractivity contribution in [3.8, 4) is 5.75 Å². The van der Waals surface area contributed by atoms with Crippen LogP contribution in [0.15, 0.2) is 76.7 Å². The van der Waals surface area contributed by atoms with Crippen molar-refractivity contribution in [1.82, 2.24) is 9.80 Å². The molecule has 0 spiro atoms. The number of aromatic nitrogens is 1. The number of carbonyl (C=O) groups excluding carboxylic acids is 2. The summed E-state index contributed by atoms with van der Waals surface area (Å²) in [4.78, 5) is 30.5.